The molecule has 3 atom stereocenters. The minimum atomic E-state index is -3.76. The minimum absolute atomic E-state index is 0.145. The largest absolute Gasteiger partial charge is 0.497 e. The molecule has 0 saturated heterocycles. The topological polar surface area (TPSA) is 128 Å². The van der Waals surface area contributed by atoms with Gasteiger partial charge in [0.15, 0.2) is 15.4 Å². The number of carboxylic acids is 1. The lowest BCUT2D eigenvalue weighted by molar-refractivity contribution is -0.177. The van der Waals surface area contributed by atoms with E-state index in [4.69, 9.17) is 15.2 Å². The molecule has 0 spiro atoms. The molecule has 1 unspecified atom stereocenters. The number of methoxy groups -OCH3 is 1. The molecule has 0 fully saturated rings. The Hall–Kier alpha value is -3.24. The van der Waals surface area contributed by atoms with E-state index in [1.807, 2.05) is 61.5 Å². The molecule has 0 heterocycles. The lowest BCUT2D eigenvalue weighted by atomic mass is 9.77. The summed E-state index contributed by atoms with van der Waals surface area (Å²) in [6.45, 7) is 2.68. The highest BCUT2D eigenvalue weighted by atomic mass is 32.2. The van der Waals surface area contributed by atoms with Crippen LogP contribution in [0.4, 0.5) is 0 Å². The van der Waals surface area contributed by atoms with Crippen molar-refractivity contribution >= 4 is 15.8 Å². The smallest absolute Gasteiger partial charge is 0.336 e. The molecule has 3 aromatic carbocycles. The number of hydrogen-bond donors (Lipinski definition) is 3. The van der Waals surface area contributed by atoms with E-state index in [0.29, 0.717) is 25.1 Å². The molecule has 0 aliphatic rings. The molecule has 3 rings (SSSR count). The summed E-state index contributed by atoms with van der Waals surface area (Å²) in [6, 6.07) is 24.6. The summed E-state index contributed by atoms with van der Waals surface area (Å²) in [5.74, 6) is -1.64. The molecule has 0 bridgehead atoms. The predicted octanol–water partition coefficient (Wildman–Crippen LogP) is 4.09. The summed E-state index contributed by atoms with van der Waals surface area (Å²) < 4.78 is 37.9. The van der Waals surface area contributed by atoms with Crippen molar-refractivity contribution in [1.29, 1.82) is 0 Å². The standard InChI is InChI=1S/C31H40N2O6S/c1-3-18-39-31(30(34)35,17-19-40(36,37)27-15-8-5-9-16-27)28(29(32)21-24-11-6-4-7-12-24)23-33-22-25-13-10-14-26(20-25)38-2/h4-16,20,28-29,33H,3,17-19,21-23,32H2,1-2H3,(H,34,35)/t28-,29?,31+/m1/s1. The number of carboxylic acid groups (broad SMARTS) is 1. The van der Waals surface area contributed by atoms with Crippen molar-refractivity contribution in [1.82, 2.24) is 5.32 Å². The van der Waals surface area contributed by atoms with Crippen LogP contribution in [-0.4, -0.2) is 57.2 Å². The third kappa shape index (κ3) is 8.38. The highest BCUT2D eigenvalue weighted by molar-refractivity contribution is 7.91. The number of sulfone groups is 1. The second-order valence-corrected chi connectivity index (χ2v) is 12.0. The van der Waals surface area contributed by atoms with Crippen molar-refractivity contribution in [3.05, 3.63) is 96.1 Å². The maximum absolute atomic E-state index is 13.2. The molecule has 216 valence electrons. The van der Waals surface area contributed by atoms with Crippen molar-refractivity contribution in [3.8, 4) is 5.75 Å². The molecule has 8 nitrogen and oxygen atoms in total. The van der Waals surface area contributed by atoms with E-state index in [1.165, 1.54) is 12.1 Å². The molecule has 0 saturated carbocycles. The number of aliphatic carboxylic acids is 1. The lowest BCUT2D eigenvalue weighted by Gasteiger charge is -2.40. The molecule has 4 N–H and O–H groups in total. The molecule has 0 amide bonds. The zero-order valence-corrected chi connectivity index (χ0v) is 24.0. The van der Waals surface area contributed by atoms with Crippen molar-refractivity contribution in [2.75, 3.05) is 26.0 Å². The third-order valence-electron chi connectivity index (χ3n) is 7.03. The first kappa shape index (κ1) is 31.3. The van der Waals surface area contributed by atoms with Crippen LogP contribution in [0, 0.1) is 5.92 Å². The summed E-state index contributed by atoms with van der Waals surface area (Å²) in [7, 11) is -2.16. The van der Waals surface area contributed by atoms with Gasteiger partial charge in [-0.1, -0.05) is 67.6 Å². The number of benzene rings is 3. The number of rotatable bonds is 17. The van der Waals surface area contributed by atoms with Gasteiger partial charge in [-0.3, -0.25) is 0 Å². The molecule has 0 aromatic heterocycles. The zero-order valence-electron chi connectivity index (χ0n) is 23.2. The summed E-state index contributed by atoms with van der Waals surface area (Å²) in [6.07, 6.45) is 0.730. The van der Waals surface area contributed by atoms with Gasteiger partial charge in [0, 0.05) is 38.1 Å². The van der Waals surface area contributed by atoms with Crippen LogP contribution in [0.15, 0.2) is 89.8 Å². The fraction of sp³-hybridized carbons (Fsp3) is 0.387. The Morgan fingerprint density at radius 2 is 1.65 bits per heavy atom. The van der Waals surface area contributed by atoms with E-state index < -0.39 is 39.1 Å². The molecule has 40 heavy (non-hydrogen) atoms. The number of ether oxygens (including phenoxy) is 2. The first-order chi connectivity index (χ1) is 19.2. The summed E-state index contributed by atoms with van der Waals surface area (Å²) in [5, 5.41) is 14.0. The van der Waals surface area contributed by atoms with E-state index in [-0.39, 0.29) is 24.5 Å². The Balaban J connectivity index is 1.94. The van der Waals surface area contributed by atoms with Crippen molar-refractivity contribution in [2.45, 2.75) is 49.3 Å². The normalized spacial score (nSPS) is 14.7. The highest BCUT2D eigenvalue weighted by Gasteiger charge is 2.50. The van der Waals surface area contributed by atoms with Crippen LogP contribution in [0.5, 0.6) is 5.75 Å². The number of nitrogens with two attached hydrogens (primary N) is 1. The van der Waals surface area contributed by atoms with Gasteiger partial charge < -0.3 is 25.6 Å². The fourth-order valence-electron chi connectivity index (χ4n) is 4.85. The average molecular weight is 569 g/mol. The Morgan fingerprint density at radius 3 is 2.27 bits per heavy atom. The predicted molar refractivity (Wildman–Crippen MR) is 156 cm³/mol. The van der Waals surface area contributed by atoms with E-state index in [0.717, 1.165) is 11.1 Å². The summed E-state index contributed by atoms with van der Waals surface area (Å²) >= 11 is 0. The van der Waals surface area contributed by atoms with Gasteiger partial charge in [-0.05, 0) is 48.2 Å². The first-order valence-corrected chi connectivity index (χ1v) is 15.2. The van der Waals surface area contributed by atoms with Crippen molar-refractivity contribution in [3.63, 3.8) is 0 Å². The van der Waals surface area contributed by atoms with Crippen molar-refractivity contribution < 1.29 is 27.8 Å². The van der Waals surface area contributed by atoms with Gasteiger partial charge in [-0.15, -0.1) is 0 Å². The van der Waals surface area contributed by atoms with Crippen LogP contribution in [0.1, 0.15) is 30.9 Å². The van der Waals surface area contributed by atoms with Gasteiger partial charge in [0.25, 0.3) is 0 Å². The second-order valence-electron chi connectivity index (χ2n) is 9.87. The molecule has 0 radical (unpaired) electrons. The minimum Gasteiger partial charge on any atom is -0.497 e. The van der Waals surface area contributed by atoms with Gasteiger partial charge in [-0.2, -0.15) is 0 Å². The molecule has 0 aliphatic heterocycles. The number of carbonyl (C=O) groups is 1. The van der Waals surface area contributed by atoms with Crippen LogP contribution < -0.4 is 15.8 Å². The lowest BCUT2D eigenvalue weighted by Crippen LogP contribution is -2.59. The van der Waals surface area contributed by atoms with E-state index >= 15 is 0 Å². The Labute approximate surface area is 237 Å². The van der Waals surface area contributed by atoms with Gasteiger partial charge >= 0.3 is 5.97 Å². The highest BCUT2D eigenvalue weighted by Crippen LogP contribution is 2.32. The van der Waals surface area contributed by atoms with E-state index in [1.54, 1.807) is 25.3 Å². The molecular weight excluding hydrogens is 528 g/mol. The second kappa shape index (κ2) is 14.9. The van der Waals surface area contributed by atoms with Gasteiger partial charge in [0.1, 0.15) is 5.75 Å². The van der Waals surface area contributed by atoms with Crippen molar-refractivity contribution in [2.24, 2.45) is 11.7 Å². The molecule has 9 heteroatoms. The van der Waals surface area contributed by atoms with Crippen LogP contribution in [-0.2, 0) is 32.3 Å². The molecule has 3 aromatic rings. The number of hydrogen-bond acceptors (Lipinski definition) is 7. The Bertz CT molecular complexity index is 1300. The maximum Gasteiger partial charge on any atom is 0.336 e. The zero-order chi connectivity index (χ0) is 29.0. The maximum atomic E-state index is 13.2. The van der Waals surface area contributed by atoms with Gasteiger partial charge in [0.05, 0.1) is 17.8 Å². The quantitative estimate of drug-likeness (QED) is 0.222. The molecule has 0 aliphatic carbocycles. The SMILES string of the molecule is CCCO[C@](CCS(=O)(=O)c1ccccc1)(C(=O)O)[C@H](CNCc1cccc(OC)c1)C(N)Cc1ccccc1. The molecular formula is C31H40N2O6S. The van der Waals surface area contributed by atoms with Gasteiger partial charge in [0.2, 0.25) is 0 Å². The van der Waals surface area contributed by atoms with Crippen LogP contribution in [0.2, 0.25) is 0 Å². The fourth-order valence-corrected chi connectivity index (χ4v) is 6.23. The number of nitrogens with one attached hydrogen (secondary N) is 1. The van der Waals surface area contributed by atoms with Crippen LogP contribution in [0.25, 0.3) is 0 Å². The van der Waals surface area contributed by atoms with E-state index in [2.05, 4.69) is 5.32 Å². The average Bonchev–Trinajstić information content (AvgIpc) is 2.97. The Morgan fingerprint density at radius 1 is 1.00 bits per heavy atom. The van der Waals surface area contributed by atoms with E-state index in [9.17, 15) is 18.3 Å². The summed E-state index contributed by atoms with van der Waals surface area (Å²) in [4.78, 5) is 13.2. The van der Waals surface area contributed by atoms with Gasteiger partial charge in [-0.25, -0.2) is 13.2 Å². The summed E-state index contributed by atoms with van der Waals surface area (Å²) in [5.41, 5.74) is 6.86. The monoisotopic (exact) mass is 568 g/mol. The Kier molecular flexibility index (Phi) is 11.7. The van der Waals surface area contributed by atoms with Crippen LogP contribution >= 0.6 is 0 Å². The first-order valence-electron chi connectivity index (χ1n) is 13.5. The van der Waals surface area contributed by atoms with Crippen LogP contribution in [0.3, 0.4) is 0 Å². The third-order valence-corrected chi connectivity index (χ3v) is 8.76.